The second kappa shape index (κ2) is 6.42. The SMILES string of the molecule is CCOC(=O)c1cc2cc(NC(=O)[C@@H]3CCCN3C)ccc2[nH]1. The first kappa shape index (κ1) is 15.6. The van der Waals surface area contributed by atoms with Crippen molar-refractivity contribution < 1.29 is 14.3 Å². The van der Waals surface area contributed by atoms with Crippen LogP contribution >= 0.6 is 0 Å². The van der Waals surface area contributed by atoms with Crippen LogP contribution in [-0.4, -0.2) is 48.0 Å². The molecule has 122 valence electrons. The molecule has 1 amide bonds. The van der Waals surface area contributed by atoms with Crippen molar-refractivity contribution in [2.75, 3.05) is 25.5 Å². The maximum atomic E-state index is 12.3. The van der Waals surface area contributed by atoms with Crippen LogP contribution in [0.4, 0.5) is 5.69 Å². The van der Waals surface area contributed by atoms with Gasteiger partial charge in [-0.2, -0.15) is 0 Å². The van der Waals surface area contributed by atoms with E-state index in [-0.39, 0.29) is 17.9 Å². The molecule has 2 aromatic rings. The van der Waals surface area contributed by atoms with Crippen LogP contribution in [0.2, 0.25) is 0 Å². The minimum Gasteiger partial charge on any atom is -0.461 e. The summed E-state index contributed by atoms with van der Waals surface area (Å²) in [6.07, 6.45) is 1.94. The highest BCUT2D eigenvalue weighted by molar-refractivity contribution is 5.99. The van der Waals surface area contributed by atoms with Crippen molar-refractivity contribution in [3.63, 3.8) is 0 Å². The quantitative estimate of drug-likeness (QED) is 0.850. The number of likely N-dealkylation sites (N-methyl/N-ethyl adjacent to an activating group) is 1. The average Bonchev–Trinajstić information content (AvgIpc) is 3.13. The van der Waals surface area contributed by atoms with Gasteiger partial charge in [0.25, 0.3) is 0 Å². The van der Waals surface area contributed by atoms with E-state index in [1.165, 1.54) is 0 Å². The second-order valence-electron chi connectivity index (χ2n) is 5.83. The molecule has 1 aliphatic heterocycles. The fourth-order valence-corrected chi connectivity index (χ4v) is 3.00. The van der Waals surface area contributed by atoms with E-state index in [0.717, 1.165) is 36.0 Å². The van der Waals surface area contributed by atoms with Crippen LogP contribution in [0.15, 0.2) is 24.3 Å². The lowest BCUT2D eigenvalue weighted by molar-refractivity contribution is -0.119. The summed E-state index contributed by atoms with van der Waals surface area (Å²) in [5.41, 5.74) is 1.99. The standard InChI is InChI=1S/C17H21N3O3/c1-3-23-17(22)14-10-11-9-12(6-7-13(11)19-14)18-16(21)15-5-4-8-20(15)2/h6-7,9-10,15,19H,3-5,8H2,1-2H3,(H,18,21)/t15-/m0/s1. The predicted molar refractivity (Wildman–Crippen MR) is 88.5 cm³/mol. The van der Waals surface area contributed by atoms with Gasteiger partial charge < -0.3 is 15.0 Å². The monoisotopic (exact) mass is 315 g/mol. The number of hydrogen-bond donors (Lipinski definition) is 2. The molecule has 1 atom stereocenters. The Hall–Kier alpha value is -2.34. The Labute approximate surface area is 134 Å². The van der Waals surface area contributed by atoms with E-state index in [0.29, 0.717) is 12.3 Å². The Balaban J connectivity index is 1.77. The number of aromatic amines is 1. The molecule has 6 nitrogen and oxygen atoms in total. The van der Waals surface area contributed by atoms with E-state index in [4.69, 9.17) is 4.74 Å². The first-order valence-corrected chi connectivity index (χ1v) is 7.89. The van der Waals surface area contributed by atoms with Gasteiger partial charge in [-0.05, 0) is 57.6 Å². The fourth-order valence-electron chi connectivity index (χ4n) is 3.00. The molecule has 3 rings (SSSR count). The van der Waals surface area contributed by atoms with Crippen molar-refractivity contribution in [2.24, 2.45) is 0 Å². The molecule has 6 heteroatoms. The van der Waals surface area contributed by atoms with Crippen molar-refractivity contribution in [2.45, 2.75) is 25.8 Å². The van der Waals surface area contributed by atoms with Crippen molar-refractivity contribution in [1.29, 1.82) is 0 Å². The normalized spacial score (nSPS) is 18.3. The third kappa shape index (κ3) is 3.22. The molecule has 1 saturated heterocycles. The summed E-state index contributed by atoms with van der Waals surface area (Å²) in [7, 11) is 1.97. The molecule has 2 N–H and O–H groups in total. The number of amides is 1. The van der Waals surface area contributed by atoms with E-state index in [1.54, 1.807) is 13.0 Å². The number of likely N-dealkylation sites (tertiary alicyclic amines) is 1. The van der Waals surface area contributed by atoms with Gasteiger partial charge in [0.2, 0.25) is 5.91 Å². The highest BCUT2D eigenvalue weighted by Crippen LogP contribution is 2.22. The van der Waals surface area contributed by atoms with Crippen LogP contribution in [0.25, 0.3) is 10.9 Å². The van der Waals surface area contributed by atoms with Gasteiger partial charge in [-0.3, -0.25) is 9.69 Å². The fraction of sp³-hybridized carbons (Fsp3) is 0.412. The van der Waals surface area contributed by atoms with Gasteiger partial charge in [-0.1, -0.05) is 0 Å². The third-order valence-corrected chi connectivity index (χ3v) is 4.21. The summed E-state index contributed by atoms with van der Waals surface area (Å²) in [5.74, 6) is -0.354. The van der Waals surface area contributed by atoms with Gasteiger partial charge in [-0.25, -0.2) is 4.79 Å². The van der Waals surface area contributed by atoms with Crippen LogP contribution in [0.1, 0.15) is 30.3 Å². The highest BCUT2D eigenvalue weighted by atomic mass is 16.5. The highest BCUT2D eigenvalue weighted by Gasteiger charge is 2.27. The maximum absolute atomic E-state index is 12.3. The second-order valence-corrected chi connectivity index (χ2v) is 5.83. The number of benzene rings is 1. The number of nitrogens with one attached hydrogen (secondary N) is 2. The third-order valence-electron chi connectivity index (χ3n) is 4.21. The van der Waals surface area contributed by atoms with Gasteiger partial charge in [0.15, 0.2) is 0 Å². The van der Waals surface area contributed by atoms with E-state index < -0.39 is 0 Å². The minimum atomic E-state index is -0.373. The molecule has 1 aromatic carbocycles. The molecule has 0 unspecified atom stereocenters. The first-order chi connectivity index (χ1) is 11.1. The lowest BCUT2D eigenvalue weighted by Crippen LogP contribution is -2.37. The van der Waals surface area contributed by atoms with E-state index >= 15 is 0 Å². The molecule has 1 fully saturated rings. The number of aromatic nitrogens is 1. The lowest BCUT2D eigenvalue weighted by atomic mass is 10.2. The van der Waals surface area contributed by atoms with E-state index in [9.17, 15) is 9.59 Å². The van der Waals surface area contributed by atoms with Crippen LogP contribution in [0.3, 0.4) is 0 Å². The number of fused-ring (bicyclic) bond motifs is 1. The number of rotatable bonds is 4. The van der Waals surface area contributed by atoms with Crippen molar-refractivity contribution >= 4 is 28.5 Å². The largest absolute Gasteiger partial charge is 0.461 e. The van der Waals surface area contributed by atoms with Crippen LogP contribution < -0.4 is 5.32 Å². The van der Waals surface area contributed by atoms with Crippen molar-refractivity contribution in [1.82, 2.24) is 9.88 Å². The van der Waals surface area contributed by atoms with Gasteiger partial charge >= 0.3 is 5.97 Å². The number of esters is 1. The van der Waals surface area contributed by atoms with Gasteiger partial charge in [0.05, 0.1) is 12.6 Å². The number of H-pyrrole nitrogens is 1. The molecule has 1 aromatic heterocycles. The molecule has 1 aliphatic rings. The van der Waals surface area contributed by atoms with Crippen LogP contribution in [0.5, 0.6) is 0 Å². The summed E-state index contributed by atoms with van der Waals surface area (Å²) in [4.78, 5) is 29.2. The number of carbonyl (C=O) groups is 2. The molecule has 23 heavy (non-hydrogen) atoms. The zero-order chi connectivity index (χ0) is 16.4. The molecule has 0 radical (unpaired) electrons. The molecule has 0 aliphatic carbocycles. The average molecular weight is 315 g/mol. The smallest absolute Gasteiger partial charge is 0.354 e. The Morgan fingerprint density at radius 2 is 2.22 bits per heavy atom. The number of hydrogen-bond acceptors (Lipinski definition) is 4. The summed E-state index contributed by atoms with van der Waals surface area (Å²) in [5, 5.41) is 3.83. The van der Waals surface area contributed by atoms with E-state index in [1.807, 2.05) is 25.2 Å². The number of nitrogens with zero attached hydrogens (tertiary/aromatic N) is 1. The Morgan fingerprint density at radius 1 is 1.39 bits per heavy atom. The van der Waals surface area contributed by atoms with Crippen molar-refractivity contribution in [3.05, 3.63) is 30.0 Å². The zero-order valence-electron chi connectivity index (χ0n) is 13.4. The summed E-state index contributed by atoms with van der Waals surface area (Å²) in [6, 6.07) is 7.23. The molecular formula is C17H21N3O3. The molecule has 0 spiro atoms. The van der Waals surface area contributed by atoms with Gasteiger partial charge in [0, 0.05) is 16.6 Å². The number of anilines is 1. The van der Waals surface area contributed by atoms with Gasteiger partial charge in [-0.15, -0.1) is 0 Å². The summed E-state index contributed by atoms with van der Waals surface area (Å²) >= 11 is 0. The summed E-state index contributed by atoms with van der Waals surface area (Å²) in [6.45, 7) is 3.07. The van der Waals surface area contributed by atoms with Crippen molar-refractivity contribution in [3.8, 4) is 0 Å². The molecular weight excluding hydrogens is 294 g/mol. The topological polar surface area (TPSA) is 74.4 Å². The number of ether oxygens (including phenoxy) is 1. The molecule has 0 saturated carbocycles. The first-order valence-electron chi connectivity index (χ1n) is 7.89. The zero-order valence-corrected chi connectivity index (χ0v) is 13.4. The Morgan fingerprint density at radius 3 is 2.91 bits per heavy atom. The van der Waals surface area contributed by atoms with Crippen LogP contribution in [-0.2, 0) is 9.53 Å². The Bertz CT molecular complexity index is 738. The number of carbonyl (C=O) groups excluding carboxylic acids is 2. The summed E-state index contributed by atoms with van der Waals surface area (Å²) < 4.78 is 4.99. The predicted octanol–water partition coefficient (Wildman–Crippen LogP) is 2.38. The molecule has 2 heterocycles. The minimum absolute atomic E-state index is 0.0190. The lowest BCUT2D eigenvalue weighted by Gasteiger charge is -2.18. The molecule has 0 bridgehead atoms. The van der Waals surface area contributed by atoms with E-state index in [2.05, 4.69) is 15.2 Å². The van der Waals surface area contributed by atoms with Gasteiger partial charge in [0.1, 0.15) is 5.69 Å². The maximum Gasteiger partial charge on any atom is 0.354 e. The van der Waals surface area contributed by atoms with Crippen LogP contribution in [0, 0.1) is 0 Å². The Kier molecular flexibility index (Phi) is 4.34.